The second-order valence-electron chi connectivity index (χ2n) is 5.76. The zero-order chi connectivity index (χ0) is 17.1. The van der Waals surface area contributed by atoms with E-state index in [1.807, 2.05) is 26.0 Å². The Hall–Kier alpha value is -2.19. The van der Waals surface area contributed by atoms with Crippen molar-refractivity contribution in [2.75, 3.05) is 5.75 Å². The summed E-state index contributed by atoms with van der Waals surface area (Å²) in [6.07, 6.45) is 0. The third kappa shape index (κ3) is 3.77. The molecule has 0 spiro atoms. The third-order valence-electron chi connectivity index (χ3n) is 3.68. The van der Waals surface area contributed by atoms with Gasteiger partial charge in [-0.2, -0.15) is 5.26 Å². The average molecular weight is 325 g/mol. The smallest absolute Gasteiger partial charge is 0.165 e. The zero-order valence-corrected chi connectivity index (χ0v) is 14.5. The van der Waals surface area contributed by atoms with Crippen molar-refractivity contribution in [2.24, 2.45) is 5.92 Å². The van der Waals surface area contributed by atoms with Gasteiger partial charge in [0.15, 0.2) is 5.78 Å². The van der Waals surface area contributed by atoms with Crippen LogP contribution in [-0.2, 0) is 4.79 Å². The SMILES string of the molecule is CC(=N)[C@H](C#N)C(=O)CSc1cc(C)c2cc(C)cc(C)c2n1. The monoisotopic (exact) mass is 325 g/mol. The predicted octanol–water partition coefficient (Wildman–Crippen LogP) is 4.00. The molecule has 0 saturated carbocycles. The highest BCUT2D eigenvalue weighted by Gasteiger charge is 2.20. The molecule has 0 aliphatic heterocycles. The van der Waals surface area contributed by atoms with Gasteiger partial charge in [0.25, 0.3) is 0 Å². The molecule has 1 aromatic carbocycles. The molecule has 0 aliphatic carbocycles. The van der Waals surface area contributed by atoms with Crippen LogP contribution in [0.25, 0.3) is 10.9 Å². The second-order valence-corrected chi connectivity index (χ2v) is 6.75. The number of benzene rings is 1. The summed E-state index contributed by atoms with van der Waals surface area (Å²) in [7, 11) is 0. The van der Waals surface area contributed by atoms with Crippen LogP contribution in [-0.4, -0.2) is 22.2 Å². The van der Waals surface area contributed by atoms with Gasteiger partial charge in [0, 0.05) is 11.1 Å². The van der Waals surface area contributed by atoms with Crippen LogP contribution < -0.4 is 0 Å². The minimum atomic E-state index is -0.951. The van der Waals surface area contributed by atoms with Crippen LogP contribution >= 0.6 is 11.8 Å². The number of nitriles is 1. The topological polar surface area (TPSA) is 77.6 Å². The molecule has 0 radical (unpaired) electrons. The van der Waals surface area contributed by atoms with Crippen molar-refractivity contribution < 1.29 is 4.79 Å². The molecule has 0 unspecified atom stereocenters. The van der Waals surface area contributed by atoms with Crippen molar-refractivity contribution in [3.63, 3.8) is 0 Å². The molecule has 1 aromatic heterocycles. The van der Waals surface area contributed by atoms with Crippen LogP contribution in [0.2, 0.25) is 0 Å². The molecular weight excluding hydrogens is 306 g/mol. The highest BCUT2D eigenvalue weighted by atomic mass is 32.2. The molecule has 0 saturated heterocycles. The Labute approximate surface area is 140 Å². The number of pyridine rings is 1. The first-order chi connectivity index (χ1) is 10.8. The number of carbonyl (C=O) groups excluding carboxylic acids is 1. The van der Waals surface area contributed by atoms with E-state index in [9.17, 15) is 4.79 Å². The molecule has 1 N–H and O–H groups in total. The van der Waals surface area contributed by atoms with Crippen LogP contribution in [0.5, 0.6) is 0 Å². The number of carbonyl (C=O) groups is 1. The number of hydrogen-bond donors (Lipinski definition) is 1. The lowest BCUT2D eigenvalue weighted by Crippen LogP contribution is -2.21. The summed E-state index contributed by atoms with van der Waals surface area (Å²) >= 11 is 1.32. The minimum Gasteiger partial charge on any atom is -0.308 e. The minimum absolute atomic E-state index is 0.0899. The first-order valence-electron chi connectivity index (χ1n) is 7.32. The van der Waals surface area contributed by atoms with E-state index in [1.54, 1.807) is 0 Å². The molecule has 0 bridgehead atoms. The number of nitrogens with zero attached hydrogens (tertiary/aromatic N) is 2. The highest BCUT2D eigenvalue weighted by Crippen LogP contribution is 2.27. The summed E-state index contributed by atoms with van der Waals surface area (Å²) in [6, 6.07) is 8.07. The summed E-state index contributed by atoms with van der Waals surface area (Å²) in [5.41, 5.74) is 4.48. The maximum absolute atomic E-state index is 12.0. The zero-order valence-electron chi connectivity index (χ0n) is 13.7. The summed E-state index contributed by atoms with van der Waals surface area (Å²) < 4.78 is 0. The summed E-state index contributed by atoms with van der Waals surface area (Å²) in [6.45, 7) is 7.62. The van der Waals surface area contributed by atoms with Crippen LogP contribution in [0.4, 0.5) is 0 Å². The lowest BCUT2D eigenvalue weighted by Gasteiger charge is -2.10. The third-order valence-corrected chi connectivity index (χ3v) is 4.61. The van der Waals surface area contributed by atoms with Gasteiger partial charge in [0.1, 0.15) is 5.92 Å². The van der Waals surface area contributed by atoms with Gasteiger partial charge in [-0.3, -0.25) is 4.79 Å². The van der Waals surface area contributed by atoms with Gasteiger partial charge in [-0.1, -0.05) is 23.4 Å². The summed E-state index contributed by atoms with van der Waals surface area (Å²) in [4.78, 5) is 16.7. The molecule has 2 rings (SSSR count). The number of hydrogen-bond acceptors (Lipinski definition) is 5. The molecule has 2 aromatic rings. The average Bonchev–Trinajstić information content (AvgIpc) is 2.46. The van der Waals surface area contributed by atoms with E-state index in [0.29, 0.717) is 0 Å². The Bertz CT molecular complexity index is 836. The van der Waals surface area contributed by atoms with Crippen molar-refractivity contribution in [3.05, 3.63) is 34.9 Å². The van der Waals surface area contributed by atoms with E-state index in [4.69, 9.17) is 10.7 Å². The van der Waals surface area contributed by atoms with Crippen molar-refractivity contribution in [2.45, 2.75) is 32.7 Å². The van der Waals surface area contributed by atoms with Gasteiger partial charge in [-0.15, -0.1) is 0 Å². The van der Waals surface area contributed by atoms with Crippen LogP contribution in [0, 0.1) is 43.4 Å². The van der Waals surface area contributed by atoms with Crippen molar-refractivity contribution in [1.29, 1.82) is 10.7 Å². The maximum atomic E-state index is 12.0. The molecule has 118 valence electrons. The van der Waals surface area contributed by atoms with Gasteiger partial charge in [0.2, 0.25) is 0 Å². The summed E-state index contributed by atoms with van der Waals surface area (Å²) in [5.74, 6) is -1.05. The first kappa shape index (κ1) is 17.2. The Morgan fingerprint density at radius 2 is 2.00 bits per heavy atom. The molecule has 1 atom stereocenters. The molecule has 1 heterocycles. The van der Waals surface area contributed by atoms with E-state index in [-0.39, 0.29) is 17.2 Å². The molecular formula is C18H19N3OS. The van der Waals surface area contributed by atoms with Crippen LogP contribution in [0.3, 0.4) is 0 Å². The first-order valence-corrected chi connectivity index (χ1v) is 8.30. The van der Waals surface area contributed by atoms with Gasteiger partial charge in [0.05, 0.1) is 22.4 Å². The summed E-state index contributed by atoms with van der Waals surface area (Å²) in [5, 5.41) is 18.4. The van der Waals surface area contributed by atoms with E-state index < -0.39 is 5.92 Å². The normalized spacial score (nSPS) is 12.0. The van der Waals surface area contributed by atoms with Crippen molar-refractivity contribution >= 4 is 34.2 Å². The molecule has 4 nitrogen and oxygen atoms in total. The molecule has 0 aliphatic rings. The molecule has 0 fully saturated rings. The standard InChI is InChI=1S/C18H19N3OS/c1-10-5-12(3)18-14(6-10)11(2)7-17(21-18)23-9-16(22)15(8-19)13(4)20/h5-7,15,20H,9H2,1-4H3/t15-/m0/s1. The number of thioether (sulfide) groups is 1. The van der Waals surface area contributed by atoms with E-state index in [0.717, 1.165) is 27.1 Å². The highest BCUT2D eigenvalue weighted by molar-refractivity contribution is 7.99. The predicted molar refractivity (Wildman–Crippen MR) is 94.2 cm³/mol. The molecule has 0 amide bonds. The van der Waals surface area contributed by atoms with E-state index in [2.05, 4.69) is 24.0 Å². The molecule has 5 heteroatoms. The van der Waals surface area contributed by atoms with Crippen LogP contribution in [0.15, 0.2) is 23.2 Å². The van der Waals surface area contributed by atoms with Crippen molar-refractivity contribution in [1.82, 2.24) is 4.98 Å². The number of aromatic nitrogens is 1. The second kappa shape index (κ2) is 6.93. The Balaban J connectivity index is 2.27. The Kier molecular flexibility index (Phi) is 5.17. The lowest BCUT2D eigenvalue weighted by molar-refractivity contribution is -0.117. The van der Waals surface area contributed by atoms with Gasteiger partial charge in [-0.05, 0) is 51.0 Å². The van der Waals surface area contributed by atoms with E-state index >= 15 is 0 Å². The Morgan fingerprint density at radius 1 is 1.30 bits per heavy atom. The van der Waals surface area contributed by atoms with Crippen LogP contribution in [0.1, 0.15) is 23.6 Å². The number of fused-ring (bicyclic) bond motifs is 1. The lowest BCUT2D eigenvalue weighted by atomic mass is 10.0. The fraction of sp³-hybridized carbons (Fsp3) is 0.333. The number of rotatable bonds is 5. The Morgan fingerprint density at radius 3 is 2.61 bits per heavy atom. The number of ketones is 1. The number of aryl methyl sites for hydroxylation is 3. The quantitative estimate of drug-likeness (QED) is 0.666. The molecule has 23 heavy (non-hydrogen) atoms. The number of Topliss-reactive ketones (excluding diaryl/α,β-unsaturated/α-hetero) is 1. The van der Waals surface area contributed by atoms with Gasteiger partial charge < -0.3 is 5.41 Å². The maximum Gasteiger partial charge on any atom is 0.165 e. The fourth-order valence-electron chi connectivity index (χ4n) is 2.53. The van der Waals surface area contributed by atoms with Crippen molar-refractivity contribution in [3.8, 4) is 6.07 Å². The number of nitrogens with one attached hydrogen (secondary N) is 1. The van der Waals surface area contributed by atoms with E-state index in [1.165, 1.54) is 24.2 Å². The largest absolute Gasteiger partial charge is 0.308 e. The van der Waals surface area contributed by atoms with Gasteiger partial charge >= 0.3 is 0 Å². The fourth-order valence-corrected chi connectivity index (χ4v) is 3.40. The van der Waals surface area contributed by atoms with Gasteiger partial charge in [-0.25, -0.2) is 4.98 Å².